The third-order valence-electron chi connectivity index (χ3n) is 8.06. The predicted molar refractivity (Wildman–Crippen MR) is 162 cm³/mol. The van der Waals surface area contributed by atoms with Crippen molar-refractivity contribution in [3.05, 3.63) is 71.1 Å². The lowest BCUT2D eigenvalue weighted by Crippen LogP contribution is -2.38. The van der Waals surface area contributed by atoms with E-state index < -0.39 is 0 Å². The van der Waals surface area contributed by atoms with Crippen LogP contribution in [0.4, 0.5) is 11.5 Å². The molecule has 9 heteroatoms. The van der Waals surface area contributed by atoms with Gasteiger partial charge in [-0.2, -0.15) is 0 Å². The van der Waals surface area contributed by atoms with Gasteiger partial charge in [0.2, 0.25) is 5.91 Å². The first kappa shape index (κ1) is 25.2. The number of carbonyl (C=O) groups excluding carboxylic acids is 1. The van der Waals surface area contributed by atoms with Crippen molar-refractivity contribution < 1.29 is 9.53 Å². The smallest absolute Gasteiger partial charge is 0.259 e. The van der Waals surface area contributed by atoms with Crippen molar-refractivity contribution in [3.63, 3.8) is 0 Å². The van der Waals surface area contributed by atoms with Gasteiger partial charge in [0.1, 0.15) is 11.5 Å². The van der Waals surface area contributed by atoms with Crippen LogP contribution in [0, 0.1) is 5.92 Å². The molecule has 5 aromatic rings. The molecule has 8 nitrogen and oxygen atoms in total. The van der Waals surface area contributed by atoms with Crippen LogP contribution in [-0.2, 0) is 9.53 Å². The van der Waals surface area contributed by atoms with Crippen molar-refractivity contribution in [1.82, 2.24) is 14.3 Å². The van der Waals surface area contributed by atoms with Crippen LogP contribution in [0.3, 0.4) is 0 Å². The summed E-state index contributed by atoms with van der Waals surface area (Å²) < 4.78 is 9.41. The number of ether oxygens (including phenoxy) is 1. The minimum absolute atomic E-state index is 0.0184. The van der Waals surface area contributed by atoms with E-state index in [2.05, 4.69) is 52.5 Å². The van der Waals surface area contributed by atoms with Gasteiger partial charge in [-0.15, -0.1) is 11.3 Å². The molecular weight excluding hydrogens is 522 g/mol. The molecule has 0 saturated carbocycles. The molecule has 2 saturated heterocycles. The maximum atomic E-state index is 13.1. The number of likely N-dealkylation sites (tertiary alicyclic amines) is 1. The van der Waals surface area contributed by atoms with E-state index in [1.807, 2.05) is 18.2 Å². The van der Waals surface area contributed by atoms with E-state index >= 15 is 0 Å². The number of morpholine rings is 1. The summed E-state index contributed by atoms with van der Waals surface area (Å²) in [6, 6.07) is 18.0. The van der Waals surface area contributed by atoms with Gasteiger partial charge in [-0.3, -0.25) is 14.0 Å². The number of hydrogen-bond donors (Lipinski definition) is 1. The number of thiophene rings is 1. The van der Waals surface area contributed by atoms with E-state index in [4.69, 9.17) is 9.72 Å². The summed E-state index contributed by atoms with van der Waals surface area (Å²) in [4.78, 5) is 35.4. The summed E-state index contributed by atoms with van der Waals surface area (Å²) in [6.45, 7) is 4.54. The average molecular weight is 554 g/mol. The van der Waals surface area contributed by atoms with Crippen LogP contribution < -0.4 is 15.8 Å². The minimum Gasteiger partial charge on any atom is -0.378 e. The maximum absolute atomic E-state index is 13.1. The molecule has 3 aromatic heterocycles. The quantitative estimate of drug-likeness (QED) is 0.343. The molecule has 1 atom stereocenters. The van der Waals surface area contributed by atoms with Crippen LogP contribution in [0.2, 0.25) is 0 Å². The second kappa shape index (κ2) is 10.3. The molecule has 5 heterocycles. The third kappa shape index (κ3) is 4.54. The van der Waals surface area contributed by atoms with Gasteiger partial charge in [-0.05, 0) is 56.8 Å². The summed E-state index contributed by atoms with van der Waals surface area (Å²) in [5, 5.41) is 5.41. The summed E-state index contributed by atoms with van der Waals surface area (Å²) in [7, 11) is 2.08. The maximum Gasteiger partial charge on any atom is 0.259 e. The fourth-order valence-corrected chi connectivity index (χ4v) is 7.20. The standard InChI is InChI=1S/C31H31N5O3S/c1-34-11-3-5-20(19-34)31(38)32-21-9-10-26-25(17-21)23-7-2-6-22(29(23)40-26)24-8-4-12-36-28(37)18-27(33-30(24)36)35-13-15-39-16-14-35/h2,4,6-10,12,17-18,20H,3,5,11,13-16,19H2,1H3,(H,32,38)/t20-/m1/s1. The van der Waals surface area contributed by atoms with Crippen molar-refractivity contribution in [3.8, 4) is 11.1 Å². The second-order valence-electron chi connectivity index (χ2n) is 10.8. The highest BCUT2D eigenvalue weighted by Gasteiger charge is 2.24. The topological polar surface area (TPSA) is 79.2 Å². The van der Waals surface area contributed by atoms with Crippen molar-refractivity contribution in [2.45, 2.75) is 12.8 Å². The van der Waals surface area contributed by atoms with E-state index in [0.717, 1.165) is 62.9 Å². The molecule has 1 N–H and O–H groups in total. The monoisotopic (exact) mass is 553 g/mol. The molecule has 0 aliphatic carbocycles. The number of benzene rings is 2. The molecule has 0 radical (unpaired) electrons. The molecule has 2 aliphatic rings. The molecule has 0 unspecified atom stereocenters. The highest BCUT2D eigenvalue weighted by atomic mass is 32.1. The first-order valence-electron chi connectivity index (χ1n) is 13.9. The molecule has 0 spiro atoms. The Labute approximate surface area is 235 Å². The highest BCUT2D eigenvalue weighted by Crippen LogP contribution is 2.41. The van der Waals surface area contributed by atoms with Crippen LogP contribution in [0.1, 0.15) is 12.8 Å². The largest absolute Gasteiger partial charge is 0.378 e. The number of amides is 1. The van der Waals surface area contributed by atoms with Gasteiger partial charge < -0.3 is 19.9 Å². The zero-order valence-corrected chi connectivity index (χ0v) is 23.2. The van der Waals surface area contributed by atoms with Crippen molar-refractivity contribution >= 4 is 54.6 Å². The van der Waals surface area contributed by atoms with Gasteiger partial charge in [0.25, 0.3) is 5.56 Å². The number of aromatic nitrogens is 2. The number of carbonyl (C=O) groups is 1. The average Bonchev–Trinajstić information content (AvgIpc) is 3.35. The minimum atomic E-state index is -0.0959. The first-order valence-corrected chi connectivity index (χ1v) is 14.7. The summed E-state index contributed by atoms with van der Waals surface area (Å²) in [6.07, 6.45) is 3.76. The lowest BCUT2D eigenvalue weighted by molar-refractivity contribution is -0.121. The van der Waals surface area contributed by atoms with Crippen molar-refractivity contribution in [2.24, 2.45) is 5.92 Å². The van der Waals surface area contributed by atoms with Gasteiger partial charge in [0.15, 0.2) is 0 Å². The molecular formula is C31H31N5O3S. The molecule has 40 heavy (non-hydrogen) atoms. The van der Waals surface area contributed by atoms with Gasteiger partial charge >= 0.3 is 0 Å². The molecule has 0 bridgehead atoms. The number of anilines is 2. The number of hydrogen-bond acceptors (Lipinski definition) is 7. The van der Waals surface area contributed by atoms with Gasteiger partial charge in [0.05, 0.1) is 19.1 Å². The summed E-state index contributed by atoms with van der Waals surface area (Å²) >= 11 is 1.72. The molecule has 1 amide bonds. The van der Waals surface area contributed by atoms with Gasteiger partial charge in [-0.25, -0.2) is 4.98 Å². The van der Waals surface area contributed by atoms with Crippen LogP contribution >= 0.6 is 11.3 Å². The van der Waals surface area contributed by atoms with E-state index in [-0.39, 0.29) is 17.4 Å². The van der Waals surface area contributed by atoms with Gasteiger partial charge in [0, 0.05) is 68.9 Å². The zero-order valence-electron chi connectivity index (χ0n) is 22.4. The molecule has 204 valence electrons. The Balaban J connectivity index is 1.30. The van der Waals surface area contributed by atoms with Crippen LogP contribution in [0.5, 0.6) is 0 Å². The van der Waals surface area contributed by atoms with Gasteiger partial charge in [-0.1, -0.05) is 18.2 Å². The van der Waals surface area contributed by atoms with E-state index in [1.165, 1.54) is 0 Å². The number of pyridine rings is 1. The number of fused-ring (bicyclic) bond motifs is 4. The lowest BCUT2D eigenvalue weighted by Gasteiger charge is -2.28. The molecule has 2 aliphatic heterocycles. The Morgan fingerprint density at radius 1 is 1.02 bits per heavy atom. The highest BCUT2D eigenvalue weighted by molar-refractivity contribution is 7.26. The Morgan fingerprint density at radius 3 is 2.73 bits per heavy atom. The Bertz CT molecular complexity index is 1810. The van der Waals surface area contributed by atoms with E-state index in [0.29, 0.717) is 37.8 Å². The van der Waals surface area contributed by atoms with Crippen LogP contribution in [0.15, 0.2) is 65.6 Å². The number of nitrogens with one attached hydrogen (secondary N) is 1. The first-order chi connectivity index (χ1) is 19.5. The third-order valence-corrected chi connectivity index (χ3v) is 9.28. The SMILES string of the molecule is CN1CCC[C@@H](C(=O)Nc2ccc3sc4c(-c5cccn6c(=O)cc(N7CCOCC7)nc56)cccc4c3c2)C1. The van der Waals surface area contributed by atoms with E-state index in [9.17, 15) is 9.59 Å². The van der Waals surface area contributed by atoms with Crippen LogP contribution in [0.25, 0.3) is 36.9 Å². The fraction of sp³-hybridized carbons (Fsp3) is 0.323. The number of piperidine rings is 1. The Morgan fingerprint density at radius 2 is 1.88 bits per heavy atom. The number of nitrogens with zero attached hydrogens (tertiary/aromatic N) is 4. The normalized spacial score (nSPS) is 18.5. The lowest BCUT2D eigenvalue weighted by atomic mass is 9.97. The summed E-state index contributed by atoms with van der Waals surface area (Å²) in [5.41, 5.74) is 3.33. The zero-order chi connectivity index (χ0) is 27.2. The number of rotatable bonds is 4. The van der Waals surface area contributed by atoms with Crippen molar-refractivity contribution in [1.29, 1.82) is 0 Å². The summed E-state index contributed by atoms with van der Waals surface area (Å²) in [5.74, 6) is 0.799. The molecule has 7 rings (SSSR count). The second-order valence-corrected chi connectivity index (χ2v) is 11.8. The van der Waals surface area contributed by atoms with Crippen LogP contribution in [-0.4, -0.2) is 66.6 Å². The predicted octanol–water partition coefficient (Wildman–Crippen LogP) is 4.85. The Kier molecular flexibility index (Phi) is 6.50. The molecule has 2 fully saturated rings. The fourth-order valence-electron chi connectivity index (χ4n) is 5.99. The van der Waals surface area contributed by atoms with Crippen molar-refractivity contribution in [2.75, 3.05) is 56.7 Å². The molecule has 2 aromatic carbocycles. The van der Waals surface area contributed by atoms with E-state index in [1.54, 1.807) is 28.0 Å². The Hall–Kier alpha value is -3.79.